The van der Waals surface area contributed by atoms with Gasteiger partial charge in [0.2, 0.25) is 15.9 Å². The fraction of sp³-hybridized carbons (Fsp3) is 0.632. The Bertz CT molecular complexity index is 708. The number of benzene rings is 1. The van der Waals surface area contributed by atoms with Crippen molar-refractivity contribution in [3.8, 4) is 5.75 Å². The van der Waals surface area contributed by atoms with E-state index in [1.807, 2.05) is 6.92 Å². The van der Waals surface area contributed by atoms with E-state index in [-0.39, 0.29) is 29.4 Å². The van der Waals surface area contributed by atoms with Gasteiger partial charge in [0.15, 0.2) is 0 Å². The fourth-order valence-electron chi connectivity index (χ4n) is 3.43. The van der Waals surface area contributed by atoms with Gasteiger partial charge in [-0.25, -0.2) is 8.42 Å². The van der Waals surface area contributed by atoms with Crippen LogP contribution in [-0.4, -0.2) is 43.9 Å². The summed E-state index contributed by atoms with van der Waals surface area (Å²) in [5.74, 6) is 0.440. The molecule has 144 valence electrons. The van der Waals surface area contributed by atoms with Gasteiger partial charge in [0.05, 0.1) is 18.0 Å². The van der Waals surface area contributed by atoms with Crippen LogP contribution >= 0.6 is 0 Å². The molecule has 0 spiro atoms. The second kappa shape index (κ2) is 8.39. The summed E-state index contributed by atoms with van der Waals surface area (Å²) in [5.41, 5.74) is 0. The van der Waals surface area contributed by atoms with Gasteiger partial charge in [0, 0.05) is 12.1 Å². The molecule has 1 aromatic carbocycles. The predicted octanol–water partition coefficient (Wildman–Crippen LogP) is 2.69. The minimum Gasteiger partial charge on any atom is -0.494 e. The molecule has 0 unspecified atom stereocenters. The fourth-order valence-corrected chi connectivity index (χ4v) is 5.07. The zero-order valence-electron chi connectivity index (χ0n) is 15.3. The lowest BCUT2D eigenvalue weighted by Crippen LogP contribution is -2.47. The summed E-state index contributed by atoms with van der Waals surface area (Å²) in [6, 6.07) is 6.58. The second-order valence-electron chi connectivity index (χ2n) is 7.09. The molecule has 0 aromatic heterocycles. The second-order valence-corrected chi connectivity index (χ2v) is 8.98. The minimum absolute atomic E-state index is 0.100. The zero-order chi connectivity index (χ0) is 18.6. The summed E-state index contributed by atoms with van der Waals surface area (Å²) in [7, 11) is -3.73. The van der Waals surface area contributed by atoms with E-state index in [9.17, 15) is 13.2 Å². The molecule has 6 nitrogen and oxygen atoms in total. The van der Waals surface area contributed by atoms with E-state index in [1.54, 1.807) is 24.3 Å². The van der Waals surface area contributed by atoms with Crippen LogP contribution in [0.3, 0.4) is 0 Å². The van der Waals surface area contributed by atoms with Gasteiger partial charge in [0.1, 0.15) is 5.75 Å². The lowest BCUT2D eigenvalue weighted by atomic mass is 9.95. The van der Waals surface area contributed by atoms with Crippen LogP contribution in [0.2, 0.25) is 0 Å². The Morgan fingerprint density at radius 3 is 2.35 bits per heavy atom. The summed E-state index contributed by atoms with van der Waals surface area (Å²) < 4.78 is 33.3. The maximum atomic E-state index is 13.2. The lowest BCUT2D eigenvalue weighted by molar-refractivity contribution is -0.121. The molecule has 2 fully saturated rings. The molecule has 0 bridgehead atoms. The zero-order valence-corrected chi connectivity index (χ0v) is 16.1. The molecule has 0 saturated heterocycles. The Morgan fingerprint density at radius 2 is 1.77 bits per heavy atom. The highest BCUT2D eigenvalue weighted by Crippen LogP contribution is 2.29. The molecule has 0 aliphatic heterocycles. The van der Waals surface area contributed by atoms with Gasteiger partial charge in [0.25, 0.3) is 0 Å². The molecule has 3 rings (SSSR count). The van der Waals surface area contributed by atoms with Gasteiger partial charge >= 0.3 is 0 Å². The highest BCUT2D eigenvalue weighted by Gasteiger charge is 2.35. The van der Waals surface area contributed by atoms with Crippen LogP contribution in [0.15, 0.2) is 29.2 Å². The maximum absolute atomic E-state index is 13.2. The summed E-state index contributed by atoms with van der Waals surface area (Å²) in [6.45, 7) is 2.31. The standard InChI is InChI=1S/C19H28N2O4S/c1-2-25-17-10-12-18(13-11-17)26(23,24)21(16-6-4-3-5-7-16)14-19(22)20-15-8-9-15/h10-13,15-16H,2-9,14H2,1H3,(H,20,22). The first-order chi connectivity index (χ1) is 12.5. The molecule has 0 atom stereocenters. The van der Waals surface area contributed by atoms with Gasteiger partial charge in [-0.3, -0.25) is 4.79 Å². The number of amides is 1. The summed E-state index contributed by atoms with van der Waals surface area (Å²) in [5, 5.41) is 2.91. The molecule has 0 heterocycles. The monoisotopic (exact) mass is 380 g/mol. The van der Waals surface area contributed by atoms with E-state index in [4.69, 9.17) is 4.74 Å². The van der Waals surface area contributed by atoms with Crippen molar-refractivity contribution < 1.29 is 17.9 Å². The number of rotatable bonds is 8. The van der Waals surface area contributed by atoms with Crippen LogP contribution in [0.5, 0.6) is 5.75 Å². The van der Waals surface area contributed by atoms with E-state index in [2.05, 4.69) is 5.32 Å². The molecule has 2 aliphatic carbocycles. The third-order valence-corrected chi connectivity index (χ3v) is 6.88. The predicted molar refractivity (Wildman–Crippen MR) is 99.5 cm³/mol. The molecule has 0 radical (unpaired) electrons. The molecular weight excluding hydrogens is 352 g/mol. The van der Waals surface area contributed by atoms with E-state index < -0.39 is 10.0 Å². The van der Waals surface area contributed by atoms with Gasteiger partial charge in [-0.05, 0) is 56.9 Å². The normalized spacial score (nSPS) is 18.7. The van der Waals surface area contributed by atoms with Crippen molar-refractivity contribution in [3.05, 3.63) is 24.3 Å². The van der Waals surface area contributed by atoms with Crippen LogP contribution in [0, 0.1) is 0 Å². The Morgan fingerprint density at radius 1 is 1.12 bits per heavy atom. The highest BCUT2D eigenvalue weighted by molar-refractivity contribution is 7.89. The van der Waals surface area contributed by atoms with Crippen molar-refractivity contribution in [3.63, 3.8) is 0 Å². The van der Waals surface area contributed by atoms with E-state index in [0.717, 1.165) is 44.9 Å². The first-order valence-electron chi connectivity index (χ1n) is 9.55. The molecule has 26 heavy (non-hydrogen) atoms. The number of carbonyl (C=O) groups excluding carboxylic acids is 1. The number of ether oxygens (including phenoxy) is 1. The Kier molecular flexibility index (Phi) is 6.19. The van der Waals surface area contributed by atoms with Crippen molar-refractivity contribution in [2.45, 2.75) is 68.8 Å². The van der Waals surface area contributed by atoms with Crippen LogP contribution < -0.4 is 10.1 Å². The van der Waals surface area contributed by atoms with Crippen molar-refractivity contribution in [2.24, 2.45) is 0 Å². The first-order valence-corrected chi connectivity index (χ1v) is 11.0. The van der Waals surface area contributed by atoms with E-state index >= 15 is 0 Å². The SMILES string of the molecule is CCOc1ccc(S(=O)(=O)N(CC(=O)NC2CC2)C2CCCCC2)cc1. The van der Waals surface area contributed by atoms with Gasteiger partial charge in [-0.1, -0.05) is 19.3 Å². The number of hydrogen-bond acceptors (Lipinski definition) is 4. The van der Waals surface area contributed by atoms with Gasteiger partial charge in [-0.15, -0.1) is 0 Å². The quantitative estimate of drug-likeness (QED) is 0.752. The summed E-state index contributed by atoms with van der Waals surface area (Å²) in [6.07, 6.45) is 6.73. The van der Waals surface area contributed by atoms with Crippen LogP contribution in [0.25, 0.3) is 0 Å². The topological polar surface area (TPSA) is 75.7 Å². The molecule has 7 heteroatoms. The van der Waals surface area contributed by atoms with Crippen molar-refractivity contribution in [2.75, 3.05) is 13.2 Å². The highest BCUT2D eigenvalue weighted by atomic mass is 32.2. The van der Waals surface area contributed by atoms with Crippen LogP contribution in [-0.2, 0) is 14.8 Å². The summed E-state index contributed by atoms with van der Waals surface area (Å²) >= 11 is 0. The van der Waals surface area contributed by atoms with E-state index in [0.29, 0.717) is 12.4 Å². The Labute approximate surface area is 156 Å². The number of nitrogens with one attached hydrogen (secondary N) is 1. The number of nitrogens with zero attached hydrogens (tertiary/aromatic N) is 1. The molecule has 2 aliphatic rings. The average molecular weight is 381 g/mol. The van der Waals surface area contributed by atoms with Crippen LogP contribution in [0.1, 0.15) is 51.9 Å². The number of carbonyl (C=O) groups is 1. The molecule has 1 amide bonds. The van der Waals surface area contributed by atoms with Gasteiger partial charge < -0.3 is 10.1 Å². The Hall–Kier alpha value is -1.60. The van der Waals surface area contributed by atoms with E-state index in [1.165, 1.54) is 4.31 Å². The van der Waals surface area contributed by atoms with Crippen molar-refractivity contribution >= 4 is 15.9 Å². The lowest BCUT2D eigenvalue weighted by Gasteiger charge is -2.33. The van der Waals surface area contributed by atoms with Crippen LogP contribution in [0.4, 0.5) is 0 Å². The molecule has 1 N–H and O–H groups in total. The van der Waals surface area contributed by atoms with Crippen molar-refractivity contribution in [1.29, 1.82) is 0 Å². The minimum atomic E-state index is -3.73. The molecular formula is C19H28N2O4S. The average Bonchev–Trinajstić information content (AvgIpc) is 3.45. The smallest absolute Gasteiger partial charge is 0.243 e. The number of hydrogen-bond donors (Lipinski definition) is 1. The Balaban J connectivity index is 1.81. The summed E-state index contributed by atoms with van der Waals surface area (Å²) in [4.78, 5) is 12.5. The number of sulfonamides is 1. The largest absolute Gasteiger partial charge is 0.494 e. The third kappa shape index (κ3) is 4.76. The third-order valence-electron chi connectivity index (χ3n) is 4.97. The maximum Gasteiger partial charge on any atom is 0.243 e. The first kappa shape index (κ1) is 19.2. The molecule has 2 saturated carbocycles. The van der Waals surface area contributed by atoms with Crippen molar-refractivity contribution in [1.82, 2.24) is 9.62 Å². The van der Waals surface area contributed by atoms with Gasteiger partial charge in [-0.2, -0.15) is 4.31 Å². The molecule has 1 aromatic rings.